The first-order valence-electron chi connectivity index (χ1n) is 6.97. The Kier molecular flexibility index (Phi) is 4.27. The molecule has 2 aromatic carbocycles. The van der Waals surface area contributed by atoms with Crippen molar-refractivity contribution in [2.75, 3.05) is 0 Å². The van der Waals surface area contributed by atoms with Gasteiger partial charge in [-0.25, -0.2) is 0 Å². The molecule has 21 heavy (non-hydrogen) atoms. The molecule has 0 spiro atoms. The second-order valence-corrected chi connectivity index (χ2v) is 6.29. The number of thioether (sulfide) groups is 1. The van der Waals surface area contributed by atoms with E-state index in [0.717, 1.165) is 10.5 Å². The molecule has 0 unspecified atom stereocenters. The second-order valence-electron chi connectivity index (χ2n) is 5.10. The van der Waals surface area contributed by atoms with Crippen LogP contribution in [0.25, 0.3) is 0 Å². The monoisotopic (exact) mass is 299 g/mol. The van der Waals surface area contributed by atoms with Crippen molar-refractivity contribution >= 4 is 17.7 Å². The van der Waals surface area contributed by atoms with Crippen LogP contribution in [-0.4, -0.2) is 27.4 Å². The van der Waals surface area contributed by atoms with Gasteiger partial charge in [0, 0.05) is 11.4 Å². The highest BCUT2D eigenvalue weighted by atomic mass is 32.2. The zero-order valence-corrected chi connectivity index (χ0v) is 12.4. The molecular formula is C17H17NO2S. The van der Waals surface area contributed by atoms with Crippen LogP contribution in [0.4, 0.5) is 0 Å². The molecule has 0 aromatic heterocycles. The van der Waals surface area contributed by atoms with E-state index < -0.39 is 6.10 Å². The second kappa shape index (κ2) is 6.33. The Morgan fingerprint density at radius 2 is 1.67 bits per heavy atom. The van der Waals surface area contributed by atoms with E-state index >= 15 is 0 Å². The molecule has 0 bridgehead atoms. The van der Waals surface area contributed by atoms with E-state index in [9.17, 15) is 9.90 Å². The van der Waals surface area contributed by atoms with Gasteiger partial charge in [-0.1, -0.05) is 60.3 Å². The normalized spacial score (nSPS) is 21.8. The molecule has 0 saturated carbocycles. The van der Waals surface area contributed by atoms with Gasteiger partial charge >= 0.3 is 0 Å². The van der Waals surface area contributed by atoms with E-state index in [4.69, 9.17) is 0 Å². The van der Waals surface area contributed by atoms with Crippen molar-refractivity contribution < 1.29 is 9.90 Å². The Morgan fingerprint density at radius 3 is 2.33 bits per heavy atom. The molecule has 2 aromatic rings. The number of rotatable bonds is 4. The first-order valence-corrected chi connectivity index (χ1v) is 7.85. The fourth-order valence-electron chi connectivity index (χ4n) is 2.49. The predicted octanol–water partition coefficient (Wildman–Crippen LogP) is 2.90. The zero-order chi connectivity index (χ0) is 14.7. The van der Waals surface area contributed by atoms with Gasteiger partial charge in [0.15, 0.2) is 0 Å². The molecule has 1 heterocycles. The molecule has 1 fully saturated rings. The minimum atomic E-state index is -0.619. The Labute approximate surface area is 128 Å². The van der Waals surface area contributed by atoms with Gasteiger partial charge in [0.05, 0.1) is 12.5 Å². The van der Waals surface area contributed by atoms with Crippen LogP contribution in [0.2, 0.25) is 0 Å². The molecule has 1 aliphatic heterocycles. The first-order chi connectivity index (χ1) is 10.2. The van der Waals surface area contributed by atoms with Crippen molar-refractivity contribution in [3.05, 3.63) is 66.2 Å². The molecule has 3 nitrogen and oxygen atoms in total. The molecule has 1 saturated heterocycles. The van der Waals surface area contributed by atoms with Gasteiger partial charge < -0.3 is 10.0 Å². The lowest BCUT2D eigenvalue weighted by molar-refractivity contribution is -0.128. The molecule has 1 aliphatic rings. The van der Waals surface area contributed by atoms with Gasteiger partial charge in [-0.05, 0) is 17.7 Å². The molecular weight excluding hydrogens is 282 g/mol. The number of hydrogen-bond acceptors (Lipinski definition) is 3. The number of benzene rings is 2. The number of nitrogens with zero attached hydrogens (tertiary/aromatic N) is 1. The van der Waals surface area contributed by atoms with Crippen molar-refractivity contribution in [1.29, 1.82) is 0 Å². The minimum absolute atomic E-state index is 0.0137. The van der Waals surface area contributed by atoms with Crippen LogP contribution < -0.4 is 0 Å². The van der Waals surface area contributed by atoms with E-state index in [1.165, 1.54) is 0 Å². The molecule has 3 rings (SSSR count). The number of aliphatic hydroxyl groups is 1. The van der Waals surface area contributed by atoms with Gasteiger partial charge in [-0.3, -0.25) is 4.79 Å². The van der Waals surface area contributed by atoms with E-state index in [1.54, 1.807) is 16.7 Å². The van der Waals surface area contributed by atoms with Crippen LogP contribution in [0.15, 0.2) is 65.6 Å². The Morgan fingerprint density at radius 1 is 1.05 bits per heavy atom. The summed E-state index contributed by atoms with van der Waals surface area (Å²) in [6.07, 6.45) is -0.413. The number of carbonyl (C=O) groups excluding carboxylic acids is 1. The maximum absolute atomic E-state index is 12.1. The van der Waals surface area contributed by atoms with Crippen molar-refractivity contribution in [2.45, 2.75) is 29.3 Å². The molecule has 4 heteroatoms. The summed E-state index contributed by atoms with van der Waals surface area (Å²) >= 11 is 1.55. The lowest BCUT2D eigenvalue weighted by atomic mass is 10.2. The topological polar surface area (TPSA) is 40.5 Å². The van der Waals surface area contributed by atoms with Gasteiger partial charge in [-0.2, -0.15) is 0 Å². The Bertz CT molecular complexity index is 603. The SMILES string of the molecule is O=C1C[C@H](O)[C@@H](Sc2ccccc2)N1Cc1ccccc1. The summed E-state index contributed by atoms with van der Waals surface area (Å²) < 4.78 is 0. The van der Waals surface area contributed by atoms with E-state index in [1.807, 2.05) is 60.7 Å². The van der Waals surface area contributed by atoms with Crippen molar-refractivity contribution in [3.8, 4) is 0 Å². The predicted molar refractivity (Wildman–Crippen MR) is 83.7 cm³/mol. The van der Waals surface area contributed by atoms with Crippen LogP contribution in [0, 0.1) is 0 Å². The maximum atomic E-state index is 12.1. The summed E-state index contributed by atoms with van der Waals surface area (Å²) in [6.45, 7) is 0.543. The van der Waals surface area contributed by atoms with Gasteiger partial charge in [0.25, 0.3) is 0 Å². The van der Waals surface area contributed by atoms with Gasteiger partial charge in [-0.15, -0.1) is 0 Å². The number of carbonyl (C=O) groups is 1. The van der Waals surface area contributed by atoms with E-state index in [2.05, 4.69) is 0 Å². The molecule has 1 amide bonds. The summed E-state index contributed by atoms with van der Waals surface area (Å²) in [6, 6.07) is 19.8. The molecule has 108 valence electrons. The maximum Gasteiger partial charge on any atom is 0.226 e. The van der Waals surface area contributed by atoms with Crippen molar-refractivity contribution in [1.82, 2.24) is 4.90 Å². The highest BCUT2D eigenvalue weighted by molar-refractivity contribution is 8.00. The van der Waals surface area contributed by atoms with Crippen LogP contribution >= 0.6 is 11.8 Å². The fraction of sp³-hybridized carbons (Fsp3) is 0.235. The van der Waals surface area contributed by atoms with Crippen molar-refractivity contribution in [2.24, 2.45) is 0 Å². The largest absolute Gasteiger partial charge is 0.390 e. The summed E-state index contributed by atoms with van der Waals surface area (Å²) in [5.74, 6) is 0.0137. The molecule has 0 aliphatic carbocycles. The van der Waals surface area contributed by atoms with Gasteiger partial charge in [0.1, 0.15) is 5.37 Å². The highest BCUT2D eigenvalue weighted by Gasteiger charge is 2.39. The standard InChI is InChI=1S/C17H17NO2S/c19-15-11-16(20)18(12-13-7-3-1-4-8-13)17(15)21-14-9-5-2-6-10-14/h1-10,15,17,19H,11-12H2/t15-,17+/m0/s1. The lowest BCUT2D eigenvalue weighted by Crippen LogP contribution is -2.33. The smallest absolute Gasteiger partial charge is 0.226 e. The van der Waals surface area contributed by atoms with E-state index in [-0.39, 0.29) is 17.7 Å². The van der Waals surface area contributed by atoms with Gasteiger partial charge in [0.2, 0.25) is 5.91 Å². The third-order valence-corrected chi connectivity index (χ3v) is 4.89. The Balaban J connectivity index is 1.78. The molecule has 0 radical (unpaired) electrons. The summed E-state index contributed by atoms with van der Waals surface area (Å²) in [5.41, 5.74) is 1.08. The van der Waals surface area contributed by atoms with Crippen LogP contribution in [0.3, 0.4) is 0 Å². The number of aliphatic hydroxyl groups excluding tert-OH is 1. The third kappa shape index (κ3) is 3.28. The summed E-state index contributed by atoms with van der Waals surface area (Å²) in [5, 5.41) is 9.96. The summed E-state index contributed by atoms with van der Waals surface area (Å²) in [4.78, 5) is 15.0. The average molecular weight is 299 g/mol. The highest BCUT2D eigenvalue weighted by Crippen LogP contribution is 2.34. The number of hydrogen-bond donors (Lipinski definition) is 1. The van der Waals surface area contributed by atoms with Crippen molar-refractivity contribution in [3.63, 3.8) is 0 Å². The van der Waals surface area contributed by atoms with Crippen LogP contribution in [-0.2, 0) is 11.3 Å². The van der Waals surface area contributed by atoms with Crippen LogP contribution in [0.5, 0.6) is 0 Å². The number of likely N-dealkylation sites (tertiary alicyclic amines) is 1. The fourth-order valence-corrected chi connectivity index (χ4v) is 3.65. The van der Waals surface area contributed by atoms with E-state index in [0.29, 0.717) is 6.54 Å². The third-order valence-electron chi connectivity index (χ3n) is 3.54. The molecule has 2 atom stereocenters. The molecule has 1 N–H and O–H groups in total. The lowest BCUT2D eigenvalue weighted by Gasteiger charge is -2.26. The van der Waals surface area contributed by atoms with Crippen LogP contribution in [0.1, 0.15) is 12.0 Å². The first kappa shape index (κ1) is 14.2. The summed E-state index contributed by atoms with van der Waals surface area (Å²) in [7, 11) is 0. The quantitative estimate of drug-likeness (QED) is 0.943. The Hall–Kier alpha value is -1.78. The minimum Gasteiger partial charge on any atom is -0.390 e. The zero-order valence-electron chi connectivity index (χ0n) is 11.6. The average Bonchev–Trinajstić information content (AvgIpc) is 2.76. The number of amides is 1.